The van der Waals surface area contributed by atoms with Crippen molar-refractivity contribution in [3.8, 4) is 11.5 Å². The highest BCUT2D eigenvalue weighted by atomic mass is 16.6. The number of hydrogen-bond donors (Lipinski definition) is 1. The van der Waals surface area contributed by atoms with E-state index in [2.05, 4.69) is 5.32 Å². The van der Waals surface area contributed by atoms with Crippen LogP contribution in [0.1, 0.15) is 23.7 Å². The van der Waals surface area contributed by atoms with Gasteiger partial charge in [-0.15, -0.1) is 0 Å². The second kappa shape index (κ2) is 6.79. The second-order valence-corrected chi connectivity index (χ2v) is 4.17. The molecule has 0 fully saturated rings. The van der Waals surface area contributed by atoms with Gasteiger partial charge in [0.1, 0.15) is 13.2 Å². The van der Waals surface area contributed by atoms with E-state index in [0.717, 1.165) is 0 Å². The molecule has 0 bridgehead atoms. The van der Waals surface area contributed by atoms with Gasteiger partial charge >= 0.3 is 5.97 Å². The first-order chi connectivity index (χ1) is 9.70. The smallest absolute Gasteiger partial charge is 0.307 e. The summed E-state index contributed by atoms with van der Waals surface area (Å²) >= 11 is 0. The first kappa shape index (κ1) is 14.2. The number of esters is 1. The molecule has 1 amide bonds. The SMILES string of the molecule is CCOC(=O)CCNC(=O)c1ccc2c(c1)OCCO2. The normalized spacial score (nSPS) is 12.7. The van der Waals surface area contributed by atoms with Gasteiger partial charge in [0, 0.05) is 12.1 Å². The van der Waals surface area contributed by atoms with Crippen LogP contribution in [0.15, 0.2) is 18.2 Å². The molecule has 1 aliphatic heterocycles. The molecule has 0 unspecified atom stereocenters. The molecule has 1 aromatic rings. The Labute approximate surface area is 117 Å². The third-order valence-corrected chi connectivity index (χ3v) is 2.72. The fraction of sp³-hybridized carbons (Fsp3) is 0.429. The zero-order valence-corrected chi connectivity index (χ0v) is 11.3. The van der Waals surface area contributed by atoms with Crippen molar-refractivity contribution in [1.82, 2.24) is 5.32 Å². The predicted octanol–water partition coefficient (Wildman–Crippen LogP) is 1.14. The topological polar surface area (TPSA) is 73.9 Å². The van der Waals surface area contributed by atoms with Crippen LogP contribution in [0.4, 0.5) is 0 Å². The summed E-state index contributed by atoms with van der Waals surface area (Å²) in [6.45, 7) is 3.31. The molecule has 1 aliphatic rings. The maximum absolute atomic E-state index is 11.9. The van der Waals surface area contributed by atoms with Crippen LogP contribution in [-0.4, -0.2) is 38.2 Å². The lowest BCUT2D eigenvalue weighted by Gasteiger charge is -2.18. The van der Waals surface area contributed by atoms with Crippen LogP contribution in [0.5, 0.6) is 11.5 Å². The monoisotopic (exact) mass is 279 g/mol. The van der Waals surface area contributed by atoms with Crippen LogP contribution in [-0.2, 0) is 9.53 Å². The zero-order valence-electron chi connectivity index (χ0n) is 11.3. The minimum absolute atomic E-state index is 0.157. The predicted molar refractivity (Wildman–Crippen MR) is 71.0 cm³/mol. The third kappa shape index (κ3) is 3.63. The highest BCUT2D eigenvalue weighted by Gasteiger charge is 2.14. The number of ether oxygens (including phenoxy) is 3. The van der Waals surface area contributed by atoms with Crippen LogP contribution in [0.25, 0.3) is 0 Å². The number of rotatable bonds is 5. The van der Waals surface area contributed by atoms with Crippen molar-refractivity contribution in [2.75, 3.05) is 26.4 Å². The van der Waals surface area contributed by atoms with Crippen molar-refractivity contribution >= 4 is 11.9 Å². The molecule has 108 valence electrons. The Bertz CT molecular complexity index is 500. The molecule has 1 heterocycles. The van der Waals surface area contributed by atoms with Crippen molar-refractivity contribution < 1.29 is 23.8 Å². The van der Waals surface area contributed by atoms with Crippen LogP contribution in [0.3, 0.4) is 0 Å². The molecular formula is C14H17NO5. The number of fused-ring (bicyclic) bond motifs is 1. The highest BCUT2D eigenvalue weighted by Crippen LogP contribution is 2.30. The molecule has 2 rings (SSSR count). The third-order valence-electron chi connectivity index (χ3n) is 2.72. The first-order valence-corrected chi connectivity index (χ1v) is 6.54. The van der Waals surface area contributed by atoms with Crippen molar-refractivity contribution in [1.29, 1.82) is 0 Å². The molecule has 0 saturated heterocycles. The quantitative estimate of drug-likeness (QED) is 0.818. The molecule has 1 N–H and O–H groups in total. The lowest BCUT2D eigenvalue weighted by molar-refractivity contribution is -0.142. The summed E-state index contributed by atoms with van der Waals surface area (Å²) in [5.74, 6) is 0.620. The van der Waals surface area contributed by atoms with Crippen molar-refractivity contribution in [3.05, 3.63) is 23.8 Å². The van der Waals surface area contributed by atoms with E-state index in [4.69, 9.17) is 14.2 Å². The molecule has 1 aromatic carbocycles. The molecular weight excluding hydrogens is 262 g/mol. The Morgan fingerprint density at radius 2 is 2.00 bits per heavy atom. The van der Waals surface area contributed by atoms with Crippen molar-refractivity contribution in [2.24, 2.45) is 0 Å². The summed E-state index contributed by atoms with van der Waals surface area (Å²) in [6, 6.07) is 5.00. The second-order valence-electron chi connectivity index (χ2n) is 4.17. The van der Waals surface area contributed by atoms with E-state index >= 15 is 0 Å². The van der Waals surface area contributed by atoms with Gasteiger partial charge in [0.05, 0.1) is 13.0 Å². The summed E-state index contributed by atoms with van der Waals surface area (Å²) in [5, 5.41) is 2.66. The molecule has 20 heavy (non-hydrogen) atoms. The van der Waals surface area contributed by atoms with E-state index in [-0.39, 0.29) is 24.8 Å². The fourth-order valence-corrected chi connectivity index (χ4v) is 1.80. The number of carbonyl (C=O) groups excluding carboxylic acids is 2. The van der Waals surface area contributed by atoms with Crippen molar-refractivity contribution in [2.45, 2.75) is 13.3 Å². The van der Waals surface area contributed by atoms with Crippen molar-refractivity contribution in [3.63, 3.8) is 0 Å². The Kier molecular flexibility index (Phi) is 4.81. The lowest BCUT2D eigenvalue weighted by Crippen LogP contribution is -2.26. The first-order valence-electron chi connectivity index (χ1n) is 6.54. The molecule has 0 saturated carbocycles. The van der Waals surface area contributed by atoms with Crippen LogP contribution < -0.4 is 14.8 Å². The van der Waals surface area contributed by atoms with E-state index in [1.165, 1.54) is 0 Å². The maximum atomic E-state index is 11.9. The van der Waals surface area contributed by atoms with Crippen LogP contribution >= 0.6 is 0 Å². The Hall–Kier alpha value is -2.24. The van der Waals surface area contributed by atoms with E-state index in [1.54, 1.807) is 25.1 Å². The minimum atomic E-state index is -0.324. The largest absolute Gasteiger partial charge is 0.486 e. The molecule has 0 radical (unpaired) electrons. The highest BCUT2D eigenvalue weighted by molar-refractivity contribution is 5.95. The summed E-state index contributed by atoms with van der Waals surface area (Å²) in [7, 11) is 0. The molecule has 0 aromatic heterocycles. The number of nitrogens with one attached hydrogen (secondary N) is 1. The van der Waals surface area contributed by atoms with Gasteiger partial charge in [0.25, 0.3) is 5.91 Å². The van der Waals surface area contributed by atoms with Gasteiger partial charge < -0.3 is 19.5 Å². The van der Waals surface area contributed by atoms with E-state index < -0.39 is 0 Å². The number of amides is 1. The van der Waals surface area contributed by atoms with Crippen LogP contribution in [0, 0.1) is 0 Å². The van der Waals surface area contributed by atoms with Gasteiger partial charge in [0.2, 0.25) is 0 Å². The molecule has 6 heteroatoms. The van der Waals surface area contributed by atoms with Gasteiger partial charge in [0.15, 0.2) is 11.5 Å². The summed E-state index contributed by atoms with van der Waals surface area (Å²) in [4.78, 5) is 23.1. The average Bonchev–Trinajstić information content (AvgIpc) is 2.47. The Balaban J connectivity index is 1.88. The zero-order chi connectivity index (χ0) is 14.4. The number of carbonyl (C=O) groups is 2. The fourth-order valence-electron chi connectivity index (χ4n) is 1.80. The van der Waals surface area contributed by atoms with Gasteiger partial charge in [-0.3, -0.25) is 9.59 Å². The molecule has 6 nitrogen and oxygen atoms in total. The van der Waals surface area contributed by atoms with Gasteiger partial charge in [-0.05, 0) is 25.1 Å². The maximum Gasteiger partial charge on any atom is 0.307 e. The lowest BCUT2D eigenvalue weighted by atomic mass is 10.2. The van der Waals surface area contributed by atoms with Gasteiger partial charge in [-0.2, -0.15) is 0 Å². The minimum Gasteiger partial charge on any atom is -0.486 e. The van der Waals surface area contributed by atoms with E-state index in [9.17, 15) is 9.59 Å². The van der Waals surface area contributed by atoms with Gasteiger partial charge in [-0.1, -0.05) is 0 Å². The molecule has 0 aliphatic carbocycles. The van der Waals surface area contributed by atoms with Crippen LogP contribution in [0.2, 0.25) is 0 Å². The summed E-state index contributed by atoms with van der Waals surface area (Å²) in [6.07, 6.45) is 0.157. The average molecular weight is 279 g/mol. The number of benzene rings is 1. The number of hydrogen-bond acceptors (Lipinski definition) is 5. The standard InChI is InChI=1S/C14H17NO5/c1-2-18-13(16)5-6-15-14(17)10-3-4-11-12(9-10)20-8-7-19-11/h3-4,9H,2,5-8H2,1H3,(H,15,17). The molecule has 0 atom stereocenters. The van der Waals surface area contributed by atoms with E-state index in [1.807, 2.05) is 0 Å². The Morgan fingerprint density at radius 3 is 2.75 bits per heavy atom. The summed E-state index contributed by atoms with van der Waals surface area (Å²) in [5.41, 5.74) is 0.470. The Morgan fingerprint density at radius 1 is 1.25 bits per heavy atom. The molecule has 0 spiro atoms. The van der Waals surface area contributed by atoms with Gasteiger partial charge in [-0.25, -0.2) is 0 Å². The summed E-state index contributed by atoms with van der Waals surface area (Å²) < 4.78 is 15.6. The van der Waals surface area contributed by atoms with E-state index in [0.29, 0.717) is 36.9 Å².